The summed E-state index contributed by atoms with van der Waals surface area (Å²) in [6, 6.07) is 7.64. The molecule has 1 aromatic carbocycles. The van der Waals surface area contributed by atoms with Gasteiger partial charge in [0.05, 0.1) is 13.7 Å². The van der Waals surface area contributed by atoms with Crippen molar-refractivity contribution in [3.05, 3.63) is 24.3 Å². The molecule has 0 radical (unpaired) electrons. The zero-order valence-corrected chi connectivity index (χ0v) is 11.7. The highest BCUT2D eigenvalue weighted by atomic mass is 16.5. The lowest BCUT2D eigenvalue weighted by atomic mass is 10.1. The Bertz CT molecular complexity index is 353. The van der Waals surface area contributed by atoms with Gasteiger partial charge in [-0.1, -0.05) is 12.1 Å². The van der Waals surface area contributed by atoms with E-state index in [1.165, 1.54) is 0 Å². The number of para-hydroxylation sites is 2. The van der Waals surface area contributed by atoms with Gasteiger partial charge in [-0.25, -0.2) is 0 Å². The van der Waals surface area contributed by atoms with Gasteiger partial charge in [0.15, 0.2) is 11.5 Å². The van der Waals surface area contributed by atoms with Crippen molar-refractivity contribution in [2.45, 2.75) is 19.4 Å². The van der Waals surface area contributed by atoms with Crippen molar-refractivity contribution in [2.24, 2.45) is 0 Å². The van der Waals surface area contributed by atoms with Gasteiger partial charge in [0, 0.05) is 19.2 Å². The maximum absolute atomic E-state index is 5.67. The van der Waals surface area contributed by atoms with Crippen LogP contribution in [0.4, 0.5) is 0 Å². The van der Waals surface area contributed by atoms with Gasteiger partial charge in [0.25, 0.3) is 0 Å². The molecule has 0 aliphatic heterocycles. The van der Waals surface area contributed by atoms with E-state index >= 15 is 0 Å². The van der Waals surface area contributed by atoms with Crippen LogP contribution in [-0.4, -0.2) is 39.5 Å². The third-order valence-corrected chi connectivity index (χ3v) is 2.54. The molecular weight excluding hydrogens is 230 g/mol. The molecule has 0 aromatic heterocycles. The average molecular weight is 253 g/mol. The first kappa shape index (κ1) is 14.8. The van der Waals surface area contributed by atoms with E-state index < -0.39 is 0 Å². The lowest BCUT2D eigenvalue weighted by molar-refractivity contribution is 0.125. The van der Waals surface area contributed by atoms with E-state index in [1.54, 1.807) is 14.2 Å². The highest BCUT2D eigenvalue weighted by Gasteiger charge is 2.15. The largest absolute Gasteiger partial charge is 0.493 e. The first-order valence-electron chi connectivity index (χ1n) is 6.09. The lowest BCUT2D eigenvalue weighted by Gasteiger charge is -2.25. The van der Waals surface area contributed by atoms with Crippen molar-refractivity contribution in [1.82, 2.24) is 5.32 Å². The van der Waals surface area contributed by atoms with Crippen LogP contribution in [-0.2, 0) is 4.74 Å². The van der Waals surface area contributed by atoms with Gasteiger partial charge in [0.2, 0.25) is 0 Å². The number of rotatable bonds is 8. The van der Waals surface area contributed by atoms with E-state index in [9.17, 15) is 0 Å². The van der Waals surface area contributed by atoms with Crippen LogP contribution in [0.5, 0.6) is 11.5 Å². The third kappa shape index (κ3) is 4.94. The first-order chi connectivity index (χ1) is 8.59. The molecule has 1 N–H and O–H groups in total. The summed E-state index contributed by atoms with van der Waals surface area (Å²) in [6.07, 6.45) is 0. The Hall–Kier alpha value is -1.26. The molecule has 4 nitrogen and oxygen atoms in total. The van der Waals surface area contributed by atoms with Crippen molar-refractivity contribution in [3.8, 4) is 11.5 Å². The Labute approximate surface area is 109 Å². The van der Waals surface area contributed by atoms with E-state index in [-0.39, 0.29) is 5.54 Å². The molecule has 0 amide bonds. The second kappa shape index (κ2) is 7.24. The van der Waals surface area contributed by atoms with Gasteiger partial charge in [-0.2, -0.15) is 0 Å². The molecule has 1 aromatic rings. The summed E-state index contributed by atoms with van der Waals surface area (Å²) in [5.74, 6) is 1.53. The predicted molar refractivity (Wildman–Crippen MR) is 72.4 cm³/mol. The fourth-order valence-electron chi connectivity index (χ4n) is 1.70. The van der Waals surface area contributed by atoms with E-state index in [4.69, 9.17) is 14.2 Å². The van der Waals surface area contributed by atoms with E-state index in [0.29, 0.717) is 13.2 Å². The molecule has 18 heavy (non-hydrogen) atoms. The smallest absolute Gasteiger partial charge is 0.161 e. The molecule has 0 aliphatic rings. The van der Waals surface area contributed by atoms with Gasteiger partial charge < -0.3 is 19.5 Å². The van der Waals surface area contributed by atoms with Crippen molar-refractivity contribution >= 4 is 0 Å². The molecule has 0 spiro atoms. The van der Waals surface area contributed by atoms with Gasteiger partial charge in [0.1, 0.15) is 6.61 Å². The van der Waals surface area contributed by atoms with Crippen LogP contribution in [0.3, 0.4) is 0 Å². The third-order valence-electron chi connectivity index (χ3n) is 2.54. The molecule has 102 valence electrons. The quantitative estimate of drug-likeness (QED) is 0.720. The zero-order chi connectivity index (χ0) is 13.4. The van der Waals surface area contributed by atoms with Crippen LogP contribution in [0.1, 0.15) is 13.8 Å². The molecule has 0 atom stereocenters. The molecule has 0 heterocycles. The monoisotopic (exact) mass is 253 g/mol. The number of hydrogen-bond acceptors (Lipinski definition) is 4. The van der Waals surface area contributed by atoms with Crippen LogP contribution in [0, 0.1) is 0 Å². The van der Waals surface area contributed by atoms with Crippen LogP contribution in [0.2, 0.25) is 0 Å². The fraction of sp³-hybridized carbons (Fsp3) is 0.571. The number of hydrogen-bond donors (Lipinski definition) is 1. The minimum atomic E-state index is -0.0428. The van der Waals surface area contributed by atoms with Crippen molar-refractivity contribution in [1.29, 1.82) is 0 Å². The summed E-state index contributed by atoms with van der Waals surface area (Å²) < 4.78 is 16.0. The minimum absolute atomic E-state index is 0.0428. The molecule has 1 rings (SSSR count). The highest BCUT2D eigenvalue weighted by Crippen LogP contribution is 2.25. The summed E-state index contributed by atoms with van der Waals surface area (Å²) in [4.78, 5) is 0. The number of ether oxygens (including phenoxy) is 3. The van der Waals surface area contributed by atoms with Gasteiger partial charge >= 0.3 is 0 Å². The normalized spacial score (nSPS) is 11.3. The topological polar surface area (TPSA) is 39.7 Å². The molecule has 0 saturated heterocycles. The Morgan fingerprint density at radius 3 is 2.39 bits per heavy atom. The number of nitrogens with one attached hydrogen (secondary N) is 1. The standard InChI is InChI=1S/C14H23NO3/c1-14(2,11-16-3)15-9-10-18-13-8-6-5-7-12(13)17-4/h5-8,15H,9-11H2,1-4H3. The summed E-state index contributed by atoms with van der Waals surface area (Å²) in [5, 5.41) is 3.38. The summed E-state index contributed by atoms with van der Waals surface area (Å²) in [5.41, 5.74) is -0.0428. The Morgan fingerprint density at radius 2 is 1.78 bits per heavy atom. The average Bonchev–Trinajstić information content (AvgIpc) is 2.35. The van der Waals surface area contributed by atoms with Crippen molar-refractivity contribution < 1.29 is 14.2 Å². The SMILES string of the molecule is COCC(C)(C)NCCOc1ccccc1OC. The van der Waals surface area contributed by atoms with E-state index in [0.717, 1.165) is 18.0 Å². The molecule has 0 fully saturated rings. The number of methoxy groups -OCH3 is 2. The summed E-state index contributed by atoms with van der Waals surface area (Å²) in [6.45, 7) is 6.21. The van der Waals surface area contributed by atoms with Crippen LogP contribution >= 0.6 is 0 Å². The molecule has 0 aliphatic carbocycles. The molecule has 4 heteroatoms. The van der Waals surface area contributed by atoms with Crippen molar-refractivity contribution in [3.63, 3.8) is 0 Å². The molecular formula is C14H23NO3. The molecule has 0 unspecified atom stereocenters. The molecule has 0 saturated carbocycles. The maximum atomic E-state index is 5.67. The lowest BCUT2D eigenvalue weighted by Crippen LogP contribution is -2.45. The van der Waals surface area contributed by atoms with Gasteiger partial charge in [-0.05, 0) is 26.0 Å². The van der Waals surface area contributed by atoms with Crippen LogP contribution in [0.15, 0.2) is 24.3 Å². The second-order valence-corrected chi connectivity index (χ2v) is 4.74. The van der Waals surface area contributed by atoms with E-state index in [1.807, 2.05) is 24.3 Å². The Morgan fingerprint density at radius 1 is 1.11 bits per heavy atom. The minimum Gasteiger partial charge on any atom is -0.493 e. The molecule has 0 bridgehead atoms. The van der Waals surface area contributed by atoms with Gasteiger partial charge in [-0.3, -0.25) is 0 Å². The fourth-order valence-corrected chi connectivity index (χ4v) is 1.70. The Balaban J connectivity index is 2.33. The predicted octanol–water partition coefficient (Wildman–Crippen LogP) is 2.09. The Kier molecular flexibility index (Phi) is 5.95. The van der Waals surface area contributed by atoms with Gasteiger partial charge in [-0.15, -0.1) is 0 Å². The number of benzene rings is 1. The summed E-state index contributed by atoms with van der Waals surface area (Å²) >= 11 is 0. The highest BCUT2D eigenvalue weighted by molar-refractivity contribution is 5.39. The van der Waals surface area contributed by atoms with Crippen LogP contribution in [0.25, 0.3) is 0 Å². The van der Waals surface area contributed by atoms with E-state index in [2.05, 4.69) is 19.2 Å². The summed E-state index contributed by atoms with van der Waals surface area (Å²) in [7, 11) is 3.34. The second-order valence-electron chi connectivity index (χ2n) is 4.74. The maximum Gasteiger partial charge on any atom is 0.161 e. The zero-order valence-electron chi connectivity index (χ0n) is 11.7. The first-order valence-corrected chi connectivity index (χ1v) is 6.09. The van der Waals surface area contributed by atoms with Crippen LogP contribution < -0.4 is 14.8 Å². The van der Waals surface area contributed by atoms with Crippen molar-refractivity contribution in [2.75, 3.05) is 34.0 Å².